The molecule has 5 rings (SSSR count). The number of hydrogen-bond donors (Lipinski definition) is 4. The van der Waals surface area contributed by atoms with Crippen molar-refractivity contribution in [2.45, 2.75) is 36.5 Å². The van der Waals surface area contributed by atoms with Gasteiger partial charge in [0.2, 0.25) is 5.91 Å². The number of nitrogens with zero attached hydrogens (tertiary/aromatic N) is 2. The summed E-state index contributed by atoms with van der Waals surface area (Å²) in [6, 6.07) is 12.9. The third-order valence-electron chi connectivity index (χ3n) is 8.36. The average Bonchev–Trinajstić information content (AvgIpc) is 3.56. The number of amides is 1. The van der Waals surface area contributed by atoms with Crippen LogP contribution in [-0.4, -0.2) is 79.1 Å². The Bertz CT molecular complexity index is 2100. The number of nitrogen functional groups attached to an aromatic ring is 1. The van der Waals surface area contributed by atoms with Crippen LogP contribution in [0.25, 0.3) is 10.8 Å². The van der Waals surface area contributed by atoms with Crippen molar-refractivity contribution < 1.29 is 60.0 Å². The monoisotopic (exact) mass is 750 g/mol. The van der Waals surface area contributed by atoms with Crippen molar-refractivity contribution in [3.05, 3.63) is 83.8 Å². The second-order valence-electron chi connectivity index (χ2n) is 11.4. The van der Waals surface area contributed by atoms with Gasteiger partial charge in [-0.25, -0.2) is 22.6 Å². The Hall–Kier alpha value is -5.65. The van der Waals surface area contributed by atoms with Gasteiger partial charge in [0.15, 0.2) is 21.3 Å². The first-order valence-corrected chi connectivity index (χ1v) is 17.1. The quantitative estimate of drug-likeness (QED) is 0.154. The van der Waals surface area contributed by atoms with Crippen LogP contribution in [0.5, 0.6) is 11.5 Å². The lowest BCUT2D eigenvalue weighted by Gasteiger charge is -2.32. The number of benzene rings is 3. The zero-order valence-electron chi connectivity index (χ0n) is 27.8. The molecule has 1 aromatic heterocycles. The second kappa shape index (κ2) is 15.7. The molecule has 0 bridgehead atoms. The van der Waals surface area contributed by atoms with Crippen LogP contribution in [0.3, 0.4) is 0 Å². The number of carbonyl (C=O) groups is 3. The topological polar surface area (TPSA) is 198 Å². The van der Waals surface area contributed by atoms with Crippen molar-refractivity contribution in [2.75, 3.05) is 37.6 Å². The number of rotatable bonds is 10. The number of pyridine rings is 1. The molecule has 1 saturated heterocycles. The van der Waals surface area contributed by atoms with E-state index in [1.54, 1.807) is 42.6 Å². The molecule has 0 aliphatic carbocycles. The number of carboxylic acids is 2. The van der Waals surface area contributed by atoms with Crippen LogP contribution in [-0.2, 0) is 24.2 Å². The molecule has 0 saturated carbocycles. The molecule has 4 aromatic rings. The highest BCUT2D eigenvalue weighted by Gasteiger charge is 2.46. The first kappa shape index (κ1) is 39.1. The van der Waals surface area contributed by atoms with Crippen LogP contribution >= 0.6 is 0 Å². The minimum atomic E-state index is -5.08. The molecule has 5 N–H and O–H groups in total. The summed E-state index contributed by atoms with van der Waals surface area (Å²) < 4.78 is 84.4. The number of nitrogens with two attached hydrogens (primary N) is 1. The van der Waals surface area contributed by atoms with Gasteiger partial charge in [-0.05, 0) is 53.8 Å². The van der Waals surface area contributed by atoms with Crippen LogP contribution in [0.15, 0.2) is 71.8 Å². The van der Waals surface area contributed by atoms with Gasteiger partial charge in [0.25, 0.3) is 0 Å². The van der Waals surface area contributed by atoms with Crippen molar-refractivity contribution >= 4 is 50.0 Å². The molecular weight excluding hydrogens is 716 g/mol. The predicted molar refractivity (Wildman–Crippen MR) is 180 cm³/mol. The molecule has 13 nitrogen and oxygen atoms in total. The highest BCUT2D eigenvalue weighted by molar-refractivity contribution is 7.91. The van der Waals surface area contributed by atoms with Crippen LogP contribution in [0.1, 0.15) is 36.6 Å². The van der Waals surface area contributed by atoms with Crippen molar-refractivity contribution in [1.29, 1.82) is 0 Å². The molecule has 3 atom stereocenters. The lowest BCUT2D eigenvalue weighted by molar-refractivity contribution is -0.192. The lowest BCUT2D eigenvalue weighted by atomic mass is 9.93. The fourth-order valence-corrected chi connectivity index (χ4v) is 6.98. The number of methoxy groups -OCH3 is 2. The zero-order valence-corrected chi connectivity index (χ0v) is 28.7. The molecule has 1 aliphatic rings. The fraction of sp³-hybridized carbons (Fsp3) is 0.294. The van der Waals surface area contributed by atoms with Crippen LogP contribution in [0, 0.1) is 11.7 Å². The normalized spacial score (nSPS) is 16.4. The average molecular weight is 751 g/mol. The molecule has 1 amide bonds. The standard InChI is InChI=1S/C32H33FN4O7S.C2HF3O2/c1-4-45(41,42)27-8-6-5-7-21(27)29-22(32(39)40)12-14-37(29)31(38)28(23-16-25(43-2)26(44-3)17-24(23)33)36-19-9-10-20-18(15-19)11-13-35-30(20)34;3-2(4,5)1(6)7/h5-11,13,15-17,22,28-29,36H,4,12,14H2,1-3H3,(H2,34,35)(H,39,40);(H,6,7)/t22-,28+,29-;/m0./s1. The predicted octanol–water partition coefficient (Wildman–Crippen LogP) is 5.23. The molecule has 18 heteroatoms. The molecule has 2 heterocycles. The number of sulfone groups is 1. The molecule has 52 heavy (non-hydrogen) atoms. The summed E-state index contributed by atoms with van der Waals surface area (Å²) >= 11 is 0. The van der Waals surface area contributed by atoms with E-state index in [4.69, 9.17) is 25.1 Å². The van der Waals surface area contributed by atoms with Gasteiger partial charge >= 0.3 is 18.1 Å². The number of halogens is 4. The number of carboxylic acid groups (broad SMARTS) is 2. The van der Waals surface area contributed by atoms with Gasteiger partial charge in [-0.3, -0.25) is 9.59 Å². The minimum Gasteiger partial charge on any atom is -0.493 e. The smallest absolute Gasteiger partial charge is 0.490 e. The number of hydrogen-bond acceptors (Lipinski definition) is 10. The van der Waals surface area contributed by atoms with E-state index >= 15 is 4.39 Å². The van der Waals surface area contributed by atoms with Crippen molar-refractivity contribution in [3.63, 3.8) is 0 Å². The number of likely N-dealkylation sites (tertiary alicyclic amines) is 1. The van der Waals surface area contributed by atoms with E-state index in [1.165, 1.54) is 44.2 Å². The largest absolute Gasteiger partial charge is 0.493 e. The first-order valence-electron chi connectivity index (χ1n) is 15.4. The van der Waals surface area contributed by atoms with E-state index < -0.39 is 57.7 Å². The lowest BCUT2D eigenvalue weighted by Crippen LogP contribution is -2.40. The minimum absolute atomic E-state index is 0.00597. The Balaban J connectivity index is 0.000000785. The summed E-state index contributed by atoms with van der Waals surface area (Å²) in [5.74, 6) is -6.08. The molecule has 0 spiro atoms. The Morgan fingerprint density at radius 2 is 1.67 bits per heavy atom. The summed E-state index contributed by atoms with van der Waals surface area (Å²) in [6.45, 7) is 1.49. The SMILES string of the molecule is CCS(=O)(=O)c1ccccc1[C@H]1[C@@H](C(=O)O)CCN1C(=O)[C@H](Nc1ccc2c(N)nccc2c1)c1cc(OC)c(OC)cc1F.O=C(O)C(F)(F)F. The summed E-state index contributed by atoms with van der Waals surface area (Å²) in [6.07, 6.45) is -3.48. The molecular formula is C34H34F4N4O9S. The van der Waals surface area contributed by atoms with Crippen molar-refractivity contribution in [2.24, 2.45) is 5.92 Å². The van der Waals surface area contributed by atoms with Gasteiger partial charge in [-0.2, -0.15) is 13.2 Å². The van der Waals surface area contributed by atoms with E-state index in [-0.39, 0.29) is 46.2 Å². The van der Waals surface area contributed by atoms with Gasteiger partial charge < -0.3 is 35.6 Å². The maximum Gasteiger partial charge on any atom is 0.490 e. The number of fused-ring (bicyclic) bond motifs is 1. The van der Waals surface area contributed by atoms with E-state index in [9.17, 15) is 36.3 Å². The summed E-state index contributed by atoms with van der Waals surface area (Å²) in [5.41, 5.74) is 6.56. The third-order valence-corrected chi connectivity index (χ3v) is 10.2. The van der Waals surface area contributed by atoms with Gasteiger partial charge in [0.05, 0.1) is 36.8 Å². The van der Waals surface area contributed by atoms with Crippen molar-refractivity contribution in [3.8, 4) is 11.5 Å². The molecule has 278 valence electrons. The molecule has 0 radical (unpaired) electrons. The van der Waals surface area contributed by atoms with E-state index in [0.29, 0.717) is 16.9 Å². The molecule has 0 unspecified atom stereocenters. The Labute approximate surface area is 294 Å². The number of nitrogens with one attached hydrogen (secondary N) is 1. The van der Waals surface area contributed by atoms with Crippen LogP contribution in [0.2, 0.25) is 0 Å². The third kappa shape index (κ3) is 8.28. The van der Waals surface area contributed by atoms with E-state index in [1.807, 2.05) is 0 Å². The zero-order chi connectivity index (χ0) is 38.5. The van der Waals surface area contributed by atoms with Gasteiger partial charge in [-0.1, -0.05) is 25.1 Å². The Morgan fingerprint density at radius 1 is 1.04 bits per heavy atom. The van der Waals surface area contributed by atoms with Gasteiger partial charge in [0, 0.05) is 35.4 Å². The Morgan fingerprint density at radius 3 is 2.27 bits per heavy atom. The van der Waals surface area contributed by atoms with E-state index in [2.05, 4.69) is 10.3 Å². The number of aliphatic carboxylic acids is 2. The van der Waals surface area contributed by atoms with Crippen molar-refractivity contribution in [1.82, 2.24) is 9.88 Å². The first-order chi connectivity index (χ1) is 24.4. The second-order valence-corrected chi connectivity index (χ2v) is 13.6. The maximum absolute atomic E-state index is 15.8. The number of aromatic nitrogens is 1. The highest BCUT2D eigenvalue weighted by Crippen LogP contribution is 2.43. The summed E-state index contributed by atoms with van der Waals surface area (Å²) in [4.78, 5) is 41.3. The molecule has 1 fully saturated rings. The van der Waals surface area contributed by atoms with Crippen LogP contribution < -0.4 is 20.5 Å². The van der Waals surface area contributed by atoms with Gasteiger partial charge in [0.1, 0.15) is 17.7 Å². The van der Waals surface area contributed by atoms with Crippen LogP contribution in [0.4, 0.5) is 29.1 Å². The number of carbonyl (C=O) groups excluding carboxylic acids is 1. The highest BCUT2D eigenvalue weighted by atomic mass is 32.2. The maximum atomic E-state index is 15.8. The number of alkyl halides is 3. The molecule has 1 aliphatic heterocycles. The number of anilines is 2. The summed E-state index contributed by atoms with van der Waals surface area (Å²) in [7, 11) is -1.05. The van der Waals surface area contributed by atoms with E-state index in [0.717, 1.165) is 11.5 Å². The Kier molecular flexibility index (Phi) is 11.8. The van der Waals surface area contributed by atoms with Gasteiger partial charge in [-0.15, -0.1) is 0 Å². The fourth-order valence-electron chi connectivity index (χ4n) is 5.83. The molecule has 3 aromatic carbocycles. The number of ether oxygens (including phenoxy) is 2. The summed E-state index contributed by atoms with van der Waals surface area (Å²) in [5, 5.41) is 21.8.